The second-order valence-electron chi connectivity index (χ2n) is 3.12. The van der Waals surface area contributed by atoms with E-state index in [9.17, 15) is 9.59 Å². The Balaban J connectivity index is 2.44. The van der Waals surface area contributed by atoms with Crippen molar-refractivity contribution >= 4 is 11.9 Å². The third kappa shape index (κ3) is 2.42. The van der Waals surface area contributed by atoms with Gasteiger partial charge in [-0.1, -0.05) is 0 Å². The van der Waals surface area contributed by atoms with Crippen molar-refractivity contribution < 1.29 is 14.7 Å². The summed E-state index contributed by atoms with van der Waals surface area (Å²) in [6.07, 6.45) is 0.876. The molecule has 0 aromatic heterocycles. The van der Waals surface area contributed by atoms with Crippen LogP contribution in [0.3, 0.4) is 0 Å². The first kappa shape index (κ1) is 9.98. The summed E-state index contributed by atoms with van der Waals surface area (Å²) in [5.74, 6) is -1.05. The standard InChI is InChI=1S/C8H14N2O3/c1-9-6(5-7(11)12)8(13)10-3-2-4-10/h6,9H,2-5H2,1H3,(H,11,12)/t6-/m0/s1. The Labute approximate surface area is 76.7 Å². The molecule has 0 aromatic carbocycles. The van der Waals surface area contributed by atoms with Gasteiger partial charge in [-0.3, -0.25) is 9.59 Å². The zero-order valence-corrected chi connectivity index (χ0v) is 7.62. The van der Waals surface area contributed by atoms with E-state index in [2.05, 4.69) is 5.32 Å². The summed E-state index contributed by atoms with van der Waals surface area (Å²) >= 11 is 0. The van der Waals surface area contributed by atoms with Crippen LogP contribution in [0.25, 0.3) is 0 Å². The van der Waals surface area contributed by atoms with Gasteiger partial charge in [0.05, 0.1) is 12.5 Å². The van der Waals surface area contributed by atoms with E-state index in [0.29, 0.717) is 0 Å². The molecule has 0 bridgehead atoms. The van der Waals surface area contributed by atoms with Gasteiger partial charge in [-0.2, -0.15) is 0 Å². The molecule has 0 aliphatic carbocycles. The Hall–Kier alpha value is -1.10. The van der Waals surface area contributed by atoms with Crippen LogP contribution in [-0.4, -0.2) is 48.1 Å². The van der Waals surface area contributed by atoms with Crippen LogP contribution in [0.2, 0.25) is 0 Å². The molecule has 2 N–H and O–H groups in total. The van der Waals surface area contributed by atoms with E-state index in [1.165, 1.54) is 0 Å². The lowest BCUT2D eigenvalue weighted by molar-refractivity contribution is -0.144. The molecule has 1 saturated heterocycles. The molecule has 1 fully saturated rings. The van der Waals surface area contributed by atoms with Gasteiger partial charge in [0, 0.05) is 13.1 Å². The van der Waals surface area contributed by atoms with Crippen molar-refractivity contribution in [2.45, 2.75) is 18.9 Å². The molecule has 0 spiro atoms. The fourth-order valence-electron chi connectivity index (χ4n) is 1.24. The summed E-state index contributed by atoms with van der Waals surface area (Å²) in [6.45, 7) is 1.52. The van der Waals surface area contributed by atoms with Crippen LogP contribution in [0.4, 0.5) is 0 Å². The van der Waals surface area contributed by atoms with Crippen LogP contribution in [0, 0.1) is 0 Å². The summed E-state index contributed by atoms with van der Waals surface area (Å²) < 4.78 is 0. The highest BCUT2D eigenvalue weighted by Crippen LogP contribution is 2.09. The van der Waals surface area contributed by atoms with E-state index in [-0.39, 0.29) is 12.3 Å². The quantitative estimate of drug-likeness (QED) is 0.608. The molecule has 1 atom stereocenters. The van der Waals surface area contributed by atoms with Crippen LogP contribution in [0.5, 0.6) is 0 Å². The number of carbonyl (C=O) groups excluding carboxylic acids is 1. The molecule has 0 aromatic rings. The first-order valence-corrected chi connectivity index (χ1v) is 4.33. The zero-order valence-electron chi connectivity index (χ0n) is 7.62. The molecule has 1 amide bonds. The van der Waals surface area contributed by atoms with Crippen molar-refractivity contribution in [3.05, 3.63) is 0 Å². The molecule has 0 saturated carbocycles. The van der Waals surface area contributed by atoms with E-state index < -0.39 is 12.0 Å². The molecule has 5 nitrogen and oxygen atoms in total. The lowest BCUT2D eigenvalue weighted by Crippen LogP contribution is -2.51. The summed E-state index contributed by atoms with van der Waals surface area (Å²) in [5, 5.41) is 11.2. The highest BCUT2D eigenvalue weighted by Gasteiger charge is 2.28. The number of nitrogens with one attached hydrogen (secondary N) is 1. The molecular formula is C8H14N2O3. The topological polar surface area (TPSA) is 69.6 Å². The minimum absolute atomic E-state index is 0.101. The third-order valence-electron chi connectivity index (χ3n) is 2.19. The SMILES string of the molecule is CN[C@@H](CC(=O)O)C(=O)N1CCC1. The maximum Gasteiger partial charge on any atom is 0.305 e. The van der Waals surface area contributed by atoms with Crippen molar-refractivity contribution in [3.63, 3.8) is 0 Å². The van der Waals surface area contributed by atoms with Gasteiger partial charge < -0.3 is 15.3 Å². The Morgan fingerprint density at radius 2 is 2.15 bits per heavy atom. The first-order valence-electron chi connectivity index (χ1n) is 4.33. The lowest BCUT2D eigenvalue weighted by atomic mass is 10.1. The van der Waals surface area contributed by atoms with Crippen LogP contribution < -0.4 is 5.32 Å². The number of hydrogen-bond acceptors (Lipinski definition) is 3. The van der Waals surface area contributed by atoms with Crippen molar-refractivity contribution in [1.29, 1.82) is 0 Å². The number of hydrogen-bond donors (Lipinski definition) is 2. The van der Waals surface area contributed by atoms with Gasteiger partial charge in [0.2, 0.25) is 5.91 Å². The third-order valence-corrected chi connectivity index (χ3v) is 2.19. The number of likely N-dealkylation sites (N-methyl/N-ethyl adjacent to an activating group) is 1. The summed E-state index contributed by atoms with van der Waals surface area (Å²) in [4.78, 5) is 23.6. The van der Waals surface area contributed by atoms with Crippen LogP contribution in [-0.2, 0) is 9.59 Å². The average Bonchev–Trinajstić information content (AvgIpc) is 1.96. The van der Waals surface area contributed by atoms with Gasteiger partial charge in [-0.15, -0.1) is 0 Å². The predicted molar refractivity (Wildman–Crippen MR) is 46.3 cm³/mol. The Bertz CT molecular complexity index is 213. The zero-order chi connectivity index (χ0) is 9.84. The number of rotatable bonds is 4. The van der Waals surface area contributed by atoms with Gasteiger partial charge in [0.1, 0.15) is 0 Å². The molecule has 1 rings (SSSR count). The van der Waals surface area contributed by atoms with Crippen LogP contribution >= 0.6 is 0 Å². The normalized spacial score (nSPS) is 17.8. The average molecular weight is 186 g/mol. The minimum Gasteiger partial charge on any atom is -0.481 e. The van der Waals surface area contributed by atoms with Crippen LogP contribution in [0.1, 0.15) is 12.8 Å². The molecule has 0 unspecified atom stereocenters. The number of nitrogens with zero attached hydrogens (tertiary/aromatic N) is 1. The number of carbonyl (C=O) groups is 2. The predicted octanol–water partition coefficient (Wildman–Crippen LogP) is -0.719. The minimum atomic E-state index is -0.951. The van der Waals surface area contributed by atoms with E-state index in [4.69, 9.17) is 5.11 Å². The van der Waals surface area contributed by atoms with Gasteiger partial charge in [-0.05, 0) is 13.5 Å². The van der Waals surface area contributed by atoms with Gasteiger partial charge in [0.15, 0.2) is 0 Å². The fraction of sp³-hybridized carbons (Fsp3) is 0.750. The van der Waals surface area contributed by atoms with Crippen molar-refractivity contribution in [2.75, 3.05) is 20.1 Å². The van der Waals surface area contributed by atoms with Gasteiger partial charge >= 0.3 is 5.97 Å². The van der Waals surface area contributed by atoms with E-state index in [1.54, 1.807) is 11.9 Å². The summed E-state index contributed by atoms with van der Waals surface area (Å²) in [6, 6.07) is -0.571. The second-order valence-corrected chi connectivity index (χ2v) is 3.12. The molecule has 1 aliphatic rings. The smallest absolute Gasteiger partial charge is 0.305 e. The molecule has 1 aliphatic heterocycles. The number of carboxylic acid groups (broad SMARTS) is 1. The fourth-order valence-corrected chi connectivity index (χ4v) is 1.24. The Kier molecular flexibility index (Phi) is 3.25. The number of carboxylic acids is 1. The molecular weight excluding hydrogens is 172 g/mol. The van der Waals surface area contributed by atoms with Crippen molar-refractivity contribution in [1.82, 2.24) is 10.2 Å². The molecule has 13 heavy (non-hydrogen) atoms. The molecule has 0 radical (unpaired) electrons. The molecule has 1 heterocycles. The lowest BCUT2D eigenvalue weighted by Gasteiger charge is -2.33. The van der Waals surface area contributed by atoms with Gasteiger partial charge in [0.25, 0.3) is 0 Å². The van der Waals surface area contributed by atoms with Gasteiger partial charge in [-0.25, -0.2) is 0 Å². The Morgan fingerprint density at radius 3 is 2.46 bits per heavy atom. The van der Waals surface area contributed by atoms with Crippen LogP contribution in [0.15, 0.2) is 0 Å². The van der Waals surface area contributed by atoms with Crippen molar-refractivity contribution in [3.8, 4) is 0 Å². The van der Waals surface area contributed by atoms with E-state index in [1.807, 2.05) is 0 Å². The maximum absolute atomic E-state index is 11.5. The summed E-state index contributed by atoms with van der Waals surface area (Å²) in [7, 11) is 1.60. The Morgan fingerprint density at radius 1 is 1.54 bits per heavy atom. The number of aliphatic carboxylic acids is 1. The highest BCUT2D eigenvalue weighted by molar-refractivity contribution is 5.86. The van der Waals surface area contributed by atoms with E-state index in [0.717, 1.165) is 19.5 Å². The molecule has 74 valence electrons. The maximum atomic E-state index is 11.5. The van der Waals surface area contributed by atoms with Crippen molar-refractivity contribution in [2.24, 2.45) is 0 Å². The molecule has 5 heteroatoms. The highest BCUT2D eigenvalue weighted by atomic mass is 16.4. The largest absolute Gasteiger partial charge is 0.481 e. The first-order chi connectivity index (χ1) is 6.15. The second kappa shape index (κ2) is 4.23. The monoisotopic (exact) mass is 186 g/mol. The van der Waals surface area contributed by atoms with E-state index >= 15 is 0 Å². The number of likely N-dealkylation sites (tertiary alicyclic amines) is 1. The summed E-state index contributed by atoms with van der Waals surface area (Å²) in [5.41, 5.74) is 0. The number of amides is 1.